The number of aryl methyl sites for hydroxylation is 1. The molecule has 1 N–H and O–H groups in total. The van der Waals surface area contributed by atoms with Crippen LogP contribution >= 0.6 is 36.2 Å². The van der Waals surface area contributed by atoms with Gasteiger partial charge < -0.3 is 5.32 Å². The molecule has 2 nitrogen and oxygen atoms in total. The van der Waals surface area contributed by atoms with Crippen molar-refractivity contribution < 1.29 is 13.2 Å². The van der Waals surface area contributed by atoms with E-state index in [1.807, 2.05) is 0 Å². The first-order chi connectivity index (χ1) is 8.00. The van der Waals surface area contributed by atoms with E-state index in [2.05, 4.69) is 5.32 Å². The van der Waals surface area contributed by atoms with E-state index in [-0.39, 0.29) is 24.8 Å². The minimum atomic E-state index is -4.20. The van der Waals surface area contributed by atoms with Gasteiger partial charge in [0.25, 0.3) is 0 Å². The Morgan fingerprint density at radius 3 is 2.26 bits per heavy atom. The van der Waals surface area contributed by atoms with Gasteiger partial charge in [-0.25, -0.2) is 0 Å². The van der Waals surface area contributed by atoms with Gasteiger partial charge in [-0.05, 0) is 23.9 Å². The van der Waals surface area contributed by atoms with Crippen LogP contribution in [0, 0.1) is 6.92 Å². The number of piperazine rings is 1. The van der Waals surface area contributed by atoms with Gasteiger partial charge in [-0.2, -0.15) is 13.2 Å². The number of thiophene rings is 1. The summed E-state index contributed by atoms with van der Waals surface area (Å²) in [6.45, 7) is 3.88. The molecule has 0 unspecified atom stereocenters. The highest BCUT2D eigenvalue weighted by atomic mass is 35.5. The van der Waals surface area contributed by atoms with Crippen molar-refractivity contribution in [3.05, 3.63) is 21.9 Å². The first kappa shape index (κ1) is 19.0. The minimum absolute atomic E-state index is 0. The molecular formula is C11H17Cl2F3N2S. The molecule has 0 saturated carbocycles. The summed E-state index contributed by atoms with van der Waals surface area (Å²) < 4.78 is 39.6. The summed E-state index contributed by atoms with van der Waals surface area (Å²) in [4.78, 5) is 1.95. The van der Waals surface area contributed by atoms with Crippen molar-refractivity contribution in [2.45, 2.75) is 19.1 Å². The van der Waals surface area contributed by atoms with Crippen LogP contribution < -0.4 is 5.32 Å². The summed E-state index contributed by atoms with van der Waals surface area (Å²) in [5, 5.41) is 4.80. The number of nitrogens with one attached hydrogen (secondary N) is 1. The molecule has 112 valence electrons. The highest BCUT2D eigenvalue weighted by molar-refractivity contribution is 7.10. The minimum Gasteiger partial charge on any atom is -0.314 e. The summed E-state index contributed by atoms with van der Waals surface area (Å²) in [7, 11) is 0. The van der Waals surface area contributed by atoms with Crippen molar-refractivity contribution in [1.82, 2.24) is 10.2 Å². The second-order valence-electron chi connectivity index (χ2n) is 4.20. The van der Waals surface area contributed by atoms with Crippen molar-refractivity contribution in [3.8, 4) is 0 Å². The molecule has 0 aromatic carbocycles. The maximum atomic E-state index is 13.2. The highest BCUT2D eigenvalue weighted by Gasteiger charge is 2.46. The van der Waals surface area contributed by atoms with E-state index in [1.54, 1.807) is 18.4 Å². The van der Waals surface area contributed by atoms with Crippen LogP contribution in [0.2, 0.25) is 0 Å². The second kappa shape index (κ2) is 7.69. The molecular weight excluding hydrogens is 320 g/mol. The lowest BCUT2D eigenvalue weighted by Gasteiger charge is -2.35. The Kier molecular flexibility index (Phi) is 7.68. The predicted molar refractivity (Wildman–Crippen MR) is 76.8 cm³/mol. The fraction of sp³-hybridized carbons (Fsp3) is 0.636. The third-order valence-corrected chi connectivity index (χ3v) is 4.05. The van der Waals surface area contributed by atoms with Crippen LogP contribution in [0.15, 0.2) is 11.4 Å². The second-order valence-corrected chi connectivity index (χ2v) is 5.15. The third-order valence-electron chi connectivity index (χ3n) is 2.98. The molecule has 1 aliphatic heterocycles. The fourth-order valence-corrected chi connectivity index (χ4v) is 3.21. The highest BCUT2D eigenvalue weighted by Crippen LogP contribution is 2.41. The SMILES string of the molecule is Cc1ccsc1[C@H](N1CCNCC1)C(F)(F)F.Cl.Cl. The zero-order valence-electron chi connectivity index (χ0n) is 10.4. The molecule has 0 spiro atoms. The van der Waals surface area contributed by atoms with E-state index in [1.165, 1.54) is 16.2 Å². The molecule has 19 heavy (non-hydrogen) atoms. The van der Waals surface area contributed by atoms with Crippen LogP contribution in [0.4, 0.5) is 13.2 Å². The van der Waals surface area contributed by atoms with Crippen molar-refractivity contribution >= 4 is 36.2 Å². The average molecular weight is 337 g/mol. The Labute approximate surface area is 127 Å². The largest absolute Gasteiger partial charge is 0.408 e. The predicted octanol–water partition coefficient (Wildman–Crippen LogP) is 3.41. The topological polar surface area (TPSA) is 15.3 Å². The van der Waals surface area contributed by atoms with Crippen molar-refractivity contribution in [2.24, 2.45) is 0 Å². The first-order valence-electron chi connectivity index (χ1n) is 5.55. The lowest BCUT2D eigenvalue weighted by atomic mass is 10.1. The summed E-state index contributed by atoms with van der Waals surface area (Å²) >= 11 is 1.20. The third kappa shape index (κ3) is 4.49. The van der Waals surface area contributed by atoms with E-state index < -0.39 is 12.2 Å². The smallest absolute Gasteiger partial charge is 0.314 e. The van der Waals surface area contributed by atoms with Gasteiger partial charge in [0.15, 0.2) is 0 Å². The van der Waals surface area contributed by atoms with Gasteiger partial charge >= 0.3 is 6.18 Å². The summed E-state index contributed by atoms with van der Waals surface area (Å²) in [5.41, 5.74) is 0.732. The molecule has 1 aromatic heterocycles. The molecule has 2 heterocycles. The lowest BCUT2D eigenvalue weighted by molar-refractivity contribution is -0.187. The van der Waals surface area contributed by atoms with E-state index in [0.717, 1.165) is 5.56 Å². The van der Waals surface area contributed by atoms with Crippen LogP contribution in [-0.2, 0) is 0 Å². The summed E-state index contributed by atoms with van der Waals surface area (Å²) in [5.74, 6) is 0. The van der Waals surface area contributed by atoms with Gasteiger partial charge in [-0.15, -0.1) is 36.2 Å². The lowest BCUT2D eigenvalue weighted by Crippen LogP contribution is -2.48. The number of hydrogen-bond donors (Lipinski definition) is 1. The molecule has 1 fully saturated rings. The average Bonchev–Trinajstić information content (AvgIpc) is 2.65. The Morgan fingerprint density at radius 1 is 1.26 bits per heavy atom. The van der Waals surface area contributed by atoms with E-state index in [9.17, 15) is 13.2 Å². The quantitative estimate of drug-likeness (QED) is 0.890. The summed E-state index contributed by atoms with van der Waals surface area (Å²) in [6, 6.07) is 0.311. The van der Waals surface area contributed by atoms with Gasteiger partial charge in [0.05, 0.1) is 0 Å². The van der Waals surface area contributed by atoms with E-state index >= 15 is 0 Å². The number of rotatable bonds is 2. The van der Waals surface area contributed by atoms with Gasteiger partial charge in [0, 0.05) is 31.1 Å². The molecule has 1 aromatic rings. The Bertz CT molecular complexity index is 378. The molecule has 0 aliphatic carbocycles. The normalized spacial score (nSPS) is 18.3. The Balaban J connectivity index is 0.00000162. The molecule has 1 atom stereocenters. The number of alkyl halides is 3. The number of hydrogen-bond acceptors (Lipinski definition) is 3. The maximum Gasteiger partial charge on any atom is 0.408 e. The molecule has 0 amide bonds. The molecule has 1 aliphatic rings. The van der Waals surface area contributed by atoms with Gasteiger partial charge in [0.2, 0.25) is 0 Å². The first-order valence-corrected chi connectivity index (χ1v) is 6.43. The standard InChI is InChI=1S/C11H15F3N2S.2ClH/c1-8-2-7-17-9(8)10(11(12,13)14)16-5-3-15-4-6-16;;/h2,7,10,15H,3-6H2,1H3;2*1H/t10-;;/m0../s1. The van der Waals surface area contributed by atoms with E-state index in [0.29, 0.717) is 31.1 Å². The van der Waals surface area contributed by atoms with Crippen LogP contribution in [0.25, 0.3) is 0 Å². The number of nitrogens with zero attached hydrogens (tertiary/aromatic N) is 1. The van der Waals surface area contributed by atoms with Crippen LogP contribution in [-0.4, -0.2) is 37.3 Å². The summed E-state index contributed by atoms with van der Waals surface area (Å²) in [6.07, 6.45) is -4.20. The molecule has 8 heteroatoms. The molecule has 0 radical (unpaired) electrons. The monoisotopic (exact) mass is 336 g/mol. The van der Waals surface area contributed by atoms with Crippen LogP contribution in [0.3, 0.4) is 0 Å². The molecule has 1 saturated heterocycles. The Hall–Kier alpha value is -0.0100. The fourth-order valence-electron chi connectivity index (χ4n) is 2.13. The van der Waals surface area contributed by atoms with Crippen LogP contribution in [0.5, 0.6) is 0 Å². The van der Waals surface area contributed by atoms with Gasteiger partial charge in [-0.3, -0.25) is 4.90 Å². The zero-order valence-corrected chi connectivity index (χ0v) is 12.8. The molecule has 2 rings (SSSR count). The van der Waals surface area contributed by atoms with E-state index in [4.69, 9.17) is 0 Å². The maximum absolute atomic E-state index is 13.2. The molecule has 0 bridgehead atoms. The van der Waals surface area contributed by atoms with Crippen molar-refractivity contribution in [1.29, 1.82) is 0 Å². The zero-order chi connectivity index (χ0) is 12.5. The Morgan fingerprint density at radius 2 is 1.84 bits per heavy atom. The van der Waals surface area contributed by atoms with Gasteiger partial charge in [-0.1, -0.05) is 0 Å². The van der Waals surface area contributed by atoms with Crippen molar-refractivity contribution in [2.75, 3.05) is 26.2 Å². The number of halogens is 5. The van der Waals surface area contributed by atoms with Crippen molar-refractivity contribution in [3.63, 3.8) is 0 Å². The van der Waals surface area contributed by atoms with Crippen LogP contribution in [0.1, 0.15) is 16.5 Å². The van der Waals surface area contributed by atoms with Gasteiger partial charge in [0.1, 0.15) is 6.04 Å².